The third-order valence-corrected chi connectivity index (χ3v) is 2.39. The largest absolute Gasteiger partial charge is 0.456 e. The number of hydrogen-bond acceptors (Lipinski definition) is 2. The van der Waals surface area contributed by atoms with Gasteiger partial charge in [-0.05, 0) is 30.3 Å². The second kappa shape index (κ2) is 4.97. The van der Waals surface area contributed by atoms with Gasteiger partial charge in [0.25, 0.3) is 0 Å². The van der Waals surface area contributed by atoms with Crippen molar-refractivity contribution in [2.24, 2.45) is 0 Å². The Kier molecular flexibility index (Phi) is 3.40. The van der Waals surface area contributed by atoms with E-state index in [4.69, 9.17) is 16.3 Å². The number of aldehydes is 1. The van der Waals surface area contributed by atoms with Crippen LogP contribution in [0.1, 0.15) is 10.4 Å². The monoisotopic (exact) mass is 250 g/mol. The molecule has 0 aliphatic carbocycles. The molecule has 0 aromatic heterocycles. The predicted molar refractivity (Wildman–Crippen MR) is 63.3 cm³/mol. The van der Waals surface area contributed by atoms with Crippen LogP contribution >= 0.6 is 11.6 Å². The summed E-state index contributed by atoms with van der Waals surface area (Å²) in [6.07, 6.45) is 0.426. The fraction of sp³-hybridized carbons (Fsp3) is 0. The lowest BCUT2D eigenvalue weighted by molar-refractivity contribution is 0.111. The van der Waals surface area contributed by atoms with Gasteiger partial charge in [0.1, 0.15) is 17.3 Å². The Hall–Kier alpha value is -1.87. The van der Waals surface area contributed by atoms with Gasteiger partial charge in [0, 0.05) is 5.02 Å². The molecule has 86 valence electrons. The number of rotatable bonds is 3. The highest BCUT2D eigenvalue weighted by Crippen LogP contribution is 2.27. The molecule has 0 amide bonds. The average molecular weight is 251 g/mol. The van der Waals surface area contributed by atoms with Crippen LogP contribution in [-0.4, -0.2) is 6.29 Å². The molecule has 0 radical (unpaired) electrons. The molecular formula is C13H8ClFO2. The van der Waals surface area contributed by atoms with E-state index in [2.05, 4.69) is 0 Å². The summed E-state index contributed by atoms with van der Waals surface area (Å²) < 4.78 is 18.7. The molecule has 0 saturated carbocycles. The minimum atomic E-state index is -0.612. The second-order valence-corrected chi connectivity index (χ2v) is 3.77. The van der Waals surface area contributed by atoms with Gasteiger partial charge >= 0.3 is 0 Å². The number of ether oxygens (including phenoxy) is 1. The lowest BCUT2D eigenvalue weighted by Gasteiger charge is -2.08. The first kappa shape index (κ1) is 11.6. The molecule has 2 aromatic rings. The summed E-state index contributed by atoms with van der Waals surface area (Å²) in [4.78, 5) is 10.8. The van der Waals surface area contributed by atoms with E-state index < -0.39 is 5.82 Å². The summed E-state index contributed by atoms with van der Waals surface area (Å²) in [7, 11) is 0. The molecule has 0 aliphatic heterocycles. The van der Waals surface area contributed by atoms with E-state index in [1.54, 1.807) is 24.3 Å². The minimum Gasteiger partial charge on any atom is -0.456 e. The number of halogens is 2. The zero-order valence-corrected chi connectivity index (χ0v) is 9.45. The van der Waals surface area contributed by atoms with Crippen LogP contribution < -0.4 is 4.74 Å². The molecule has 0 bridgehead atoms. The molecule has 0 saturated heterocycles. The molecule has 2 nitrogen and oxygen atoms in total. The molecule has 0 heterocycles. The van der Waals surface area contributed by atoms with E-state index in [1.807, 2.05) is 0 Å². The summed E-state index contributed by atoms with van der Waals surface area (Å²) in [5, 5.41) is 0.506. The molecular weight excluding hydrogens is 243 g/mol. The van der Waals surface area contributed by atoms with Gasteiger partial charge in [-0.15, -0.1) is 0 Å². The first-order valence-corrected chi connectivity index (χ1v) is 5.25. The molecule has 0 spiro atoms. The molecule has 17 heavy (non-hydrogen) atoms. The Morgan fingerprint density at radius 1 is 1.18 bits per heavy atom. The van der Waals surface area contributed by atoms with Gasteiger partial charge in [0.2, 0.25) is 0 Å². The van der Waals surface area contributed by atoms with E-state index in [9.17, 15) is 9.18 Å². The molecule has 2 rings (SSSR count). The van der Waals surface area contributed by atoms with Gasteiger partial charge in [-0.1, -0.05) is 23.7 Å². The Morgan fingerprint density at radius 2 is 1.94 bits per heavy atom. The third-order valence-electron chi connectivity index (χ3n) is 2.15. The molecule has 0 aliphatic rings. The topological polar surface area (TPSA) is 26.3 Å². The van der Waals surface area contributed by atoms with Crippen molar-refractivity contribution in [1.82, 2.24) is 0 Å². The average Bonchev–Trinajstić information content (AvgIpc) is 2.29. The smallest absolute Gasteiger partial charge is 0.156 e. The van der Waals surface area contributed by atoms with Gasteiger partial charge < -0.3 is 4.74 Å². The van der Waals surface area contributed by atoms with Gasteiger partial charge in [-0.3, -0.25) is 4.79 Å². The number of benzene rings is 2. The van der Waals surface area contributed by atoms with Crippen LogP contribution in [0.5, 0.6) is 11.5 Å². The van der Waals surface area contributed by atoms with E-state index in [0.717, 1.165) is 0 Å². The summed E-state index contributed by atoms with van der Waals surface area (Å²) in [5.74, 6) is 0.00740. The number of hydrogen-bond donors (Lipinski definition) is 0. The number of carbonyl (C=O) groups excluding carboxylic acids is 1. The highest BCUT2D eigenvalue weighted by atomic mass is 35.5. The highest BCUT2D eigenvalue weighted by molar-refractivity contribution is 6.30. The summed E-state index contributed by atoms with van der Waals surface area (Å²) >= 11 is 5.79. The maximum Gasteiger partial charge on any atom is 0.156 e. The quantitative estimate of drug-likeness (QED) is 0.767. The van der Waals surface area contributed by atoms with Crippen LogP contribution in [-0.2, 0) is 0 Å². The standard InChI is InChI=1S/C13H8ClFO2/c14-9-3-1-4-10(7-9)17-13-6-2-5-12(15)11(13)8-16/h1-8H. The van der Waals surface area contributed by atoms with Gasteiger partial charge in [0.15, 0.2) is 6.29 Å². The van der Waals surface area contributed by atoms with Crippen molar-refractivity contribution in [3.8, 4) is 11.5 Å². The normalized spacial score (nSPS) is 10.0. The van der Waals surface area contributed by atoms with Crippen LogP contribution in [0.3, 0.4) is 0 Å². The maximum atomic E-state index is 13.3. The third kappa shape index (κ3) is 2.63. The van der Waals surface area contributed by atoms with Crippen molar-refractivity contribution in [3.05, 3.63) is 58.9 Å². The van der Waals surface area contributed by atoms with Crippen molar-refractivity contribution < 1.29 is 13.9 Å². The second-order valence-electron chi connectivity index (χ2n) is 3.33. The van der Waals surface area contributed by atoms with Crippen LogP contribution in [0, 0.1) is 5.82 Å². The highest BCUT2D eigenvalue weighted by Gasteiger charge is 2.09. The zero-order chi connectivity index (χ0) is 12.3. The van der Waals surface area contributed by atoms with Crippen molar-refractivity contribution in [3.63, 3.8) is 0 Å². The minimum absolute atomic E-state index is 0.104. The first-order valence-electron chi connectivity index (χ1n) is 4.88. The van der Waals surface area contributed by atoms with Crippen molar-refractivity contribution >= 4 is 17.9 Å². The van der Waals surface area contributed by atoms with E-state index in [1.165, 1.54) is 18.2 Å². The summed E-state index contributed by atoms with van der Waals surface area (Å²) in [5.41, 5.74) is -0.104. The molecule has 2 aromatic carbocycles. The van der Waals surface area contributed by atoms with Crippen molar-refractivity contribution in [2.45, 2.75) is 0 Å². The zero-order valence-electron chi connectivity index (χ0n) is 8.69. The summed E-state index contributed by atoms with van der Waals surface area (Å²) in [6, 6.07) is 10.9. The molecule has 0 atom stereocenters. The van der Waals surface area contributed by atoms with Crippen LogP contribution in [0.25, 0.3) is 0 Å². The van der Waals surface area contributed by atoms with Crippen molar-refractivity contribution in [1.29, 1.82) is 0 Å². The Labute approximate surface area is 103 Å². The summed E-state index contributed by atoms with van der Waals surface area (Å²) in [6.45, 7) is 0. The fourth-order valence-electron chi connectivity index (χ4n) is 1.38. The van der Waals surface area contributed by atoms with E-state index >= 15 is 0 Å². The van der Waals surface area contributed by atoms with Crippen LogP contribution in [0.15, 0.2) is 42.5 Å². The molecule has 0 fully saturated rings. The van der Waals surface area contributed by atoms with Crippen molar-refractivity contribution in [2.75, 3.05) is 0 Å². The maximum absolute atomic E-state index is 13.3. The Morgan fingerprint density at radius 3 is 2.65 bits per heavy atom. The van der Waals surface area contributed by atoms with Crippen LogP contribution in [0.4, 0.5) is 4.39 Å². The fourth-order valence-corrected chi connectivity index (χ4v) is 1.56. The van der Waals surface area contributed by atoms with Crippen LogP contribution in [0.2, 0.25) is 5.02 Å². The first-order chi connectivity index (χ1) is 8.20. The molecule has 4 heteroatoms. The Balaban J connectivity index is 2.36. The van der Waals surface area contributed by atoms with E-state index in [-0.39, 0.29) is 11.3 Å². The predicted octanol–water partition coefficient (Wildman–Crippen LogP) is 4.08. The van der Waals surface area contributed by atoms with Gasteiger partial charge in [-0.25, -0.2) is 4.39 Å². The lowest BCUT2D eigenvalue weighted by Crippen LogP contribution is -1.93. The van der Waals surface area contributed by atoms with E-state index in [0.29, 0.717) is 17.1 Å². The van der Waals surface area contributed by atoms with Gasteiger partial charge in [-0.2, -0.15) is 0 Å². The Bertz CT molecular complexity index is 555. The molecule has 0 unspecified atom stereocenters. The molecule has 0 N–H and O–H groups in total. The SMILES string of the molecule is O=Cc1c(F)cccc1Oc1cccc(Cl)c1. The van der Waals surface area contributed by atoms with Gasteiger partial charge in [0.05, 0.1) is 5.56 Å². The lowest BCUT2D eigenvalue weighted by atomic mass is 10.2. The number of carbonyl (C=O) groups is 1.